The molecule has 0 bridgehead atoms. The molecule has 5 heteroatoms. The average molecular weight is 290 g/mol. The molecule has 1 aliphatic heterocycles. The summed E-state index contributed by atoms with van der Waals surface area (Å²) in [6, 6.07) is 4.41. The number of nitrogen functional groups attached to an aromatic ring is 1. The minimum Gasteiger partial charge on any atom is -0.476 e. The summed E-state index contributed by atoms with van der Waals surface area (Å²) in [4.78, 5) is 9.28. The second kappa shape index (κ2) is 6.10. The summed E-state index contributed by atoms with van der Waals surface area (Å²) in [7, 11) is 4.30. The molecule has 1 aromatic heterocycles. The monoisotopic (exact) mass is 290 g/mol. The molecule has 0 amide bonds. The predicted molar refractivity (Wildman–Crippen MR) is 85.8 cm³/mol. The topological polar surface area (TPSA) is 54.6 Å². The number of ether oxygens (including phenoxy) is 1. The minimum absolute atomic E-state index is 0.510. The minimum atomic E-state index is 0.510. The molecule has 5 nitrogen and oxygen atoms in total. The summed E-state index contributed by atoms with van der Waals surface area (Å²) in [5.74, 6) is 2.25. The van der Waals surface area contributed by atoms with Crippen LogP contribution in [0.4, 0.5) is 11.5 Å². The van der Waals surface area contributed by atoms with Crippen molar-refractivity contribution in [3.63, 3.8) is 0 Å². The zero-order chi connectivity index (χ0) is 14.8. The van der Waals surface area contributed by atoms with Gasteiger partial charge in [-0.05, 0) is 57.3 Å². The molecule has 116 valence electrons. The standard InChI is InChI=1S/C16H26N4O/c1-19-9-3-4-13(10-19)20(2)15-8-7-14(17)16(18-15)21-11-12-5-6-12/h7-8,12-13H,3-6,9-11,17H2,1-2H3. The number of aromatic nitrogens is 1. The normalized spacial score (nSPS) is 23.0. The van der Waals surface area contributed by atoms with Crippen molar-refractivity contribution in [1.29, 1.82) is 0 Å². The fourth-order valence-electron chi connectivity index (χ4n) is 2.88. The lowest BCUT2D eigenvalue weighted by Gasteiger charge is -2.36. The van der Waals surface area contributed by atoms with E-state index in [-0.39, 0.29) is 0 Å². The van der Waals surface area contributed by atoms with E-state index in [1.165, 1.54) is 32.2 Å². The molecule has 2 aliphatic rings. The Morgan fingerprint density at radius 3 is 2.90 bits per heavy atom. The van der Waals surface area contributed by atoms with Gasteiger partial charge in [0.2, 0.25) is 5.88 Å². The van der Waals surface area contributed by atoms with Crippen molar-refractivity contribution in [2.75, 3.05) is 44.4 Å². The van der Waals surface area contributed by atoms with Gasteiger partial charge >= 0.3 is 0 Å². The van der Waals surface area contributed by atoms with Crippen molar-refractivity contribution < 1.29 is 4.74 Å². The van der Waals surface area contributed by atoms with Crippen LogP contribution in [0.25, 0.3) is 0 Å². The first kappa shape index (κ1) is 14.4. The van der Waals surface area contributed by atoms with Gasteiger partial charge in [-0.15, -0.1) is 0 Å². The maximum absolute atomic E-state index is 5.98. The number of anilines is 2. The second-order valence-electron chi connectivity index (χ2n) is 6.49. The summed E-state index contributed by atoms with van der Waals surface area (Å²) in [5.41, 5.74) is 6.62. The van der Waals surface area contributed by atoms with Crippen LogP contribution in [0.2, 0.25) is 0 Å². The van der Waals surface area contributed by atoms with E-state index in [9.17, 15) is 0 Å². The van der Waals surface area contributed by atoms with Crippen LogP contribution in [0, 0.1) is 5.92 Å². The molecule has 21 heavy (non-hydrogen) atoms. The molecule has 0 spiro atoms. The van der Waals surface area contributed by atoms with E-state index in [2.05, 4.69) is 28.9 Å². The second-order valence-corrected chi connectivity index (χ2v) is 6.49. The number of likely N-dealkylation sites (N-methyl/N-ethyl adjacent to an activating group) is 2. The predicted octanol–water partition coefficient (Wildman–Crippen LogP) is 1.98. The molecular formula is C16H26N4O. The zero-order valence-electron chi connectivity index (χ0n) is 13.1. The molecule has 3 rings (SSSR count). The Morgan fingerprint density at radius 1 is 1.38 bits per heavy atom. The van der Waals surface area contributed by atoms with E-state index >= 15 is 0 Å². The van der Waals surface area contributed by atoms with Crippen molar-refractivity contribution in [1.82, 2.24) is 9.88 Å². The number of hydrogen-bond acceptors (Lipinski definition) is 5. The van der Waals surface area contributed by atoms with Crippen LogP contribution < -0.4 is 15.4 Å². The van der Waals surface area contributed by atoms with Gasteiger partial charge < -0.3 is 20.3 Å². The van der Waals surface area contributed by atoms with Gasteiger partial charge in [-0.1, -0.05) is 0 Å². The third-order valence-corrected chi connectivity index (χ3v) is 4.54. The third kappa shape index (κ3) is 3.59. The van der Waals surface area contributed by atoms with Gasteiger partial charge in [0.1, 0.15) is 5.82 Å². The Morgan fingerprint density at radius 2 is 2.19 bits per heavy atom. The first-order valence-corrected chi connectivity index (χ1v) is 7.94. The largest absolute Gasteiger partial charge is 0.476 e. The van der Waals surface area contributed by atoms with Crippen LogP contribution in [0.5, 0.6) is 5.88 Å². The number of pyridine rings is 1. The van der Waals surface area contributed by atoms with E-state index in [1.807, 2.05) is 12.1 Å². The van der Waals surface area contributed by atoms with Gasteiger partial charge in [-0.25, -0.2) is 0 Å². The van der Waals surface area contributed by atoms with E-state index in [1.54, 1.807) is 0 Å². The molecule has 2 heterocycles. The van der Waals surface area contributed by atoms with Crippen LogP contribution >= 0.6 is 0 Å². The summed E-state index contributed by atoms with van der Waals surface area (Å²) in [6.45, 7) is 3.02. The van der Waals surface area contributed by atoms with Crippen LogP contribution in [-0.4, -0.2) is 49.7 Å². The number of likely N-dealkylation sites (tertiary alicyclic amines) is 1. The highest BCUT2D eigenvalue weighted by atomic mass is 16.5. The fraction of sp³-hybridized carbons (Fsp3) is 0.688. The molecule has 1 saturated carbocycles. The van der Waals surface area contributed by atoms with Crippen LogP contribution in [0.15, 0.2) is 12.1 Å². The molecule has 1 atom stereocenters. The zero-order valence-corrected chi connectivity index (χ0v) is 13.1. The Labute approximate surface area is 127 Å². The number of piperidine rings is 1. The Balaban J connectivity index is 1.69. The molecule has 1 saturated heterocycles. The number of nitrogens with zero attached hydrogens (tertiary/aromatic N) is 3. The Bertz CT molecular complexity index is 489. The Hall–Kier alpha value is -1.49. The highest BCUT2D eigenvalue weighted by molar-refractivity contribution is 5.54. The van der Waals surface area contributed by atoms with Crippen molar-refractivity contribution in [3.8, 4) is 5.88 Å². The number of hydrogen-bond donors (Lipinski definition) is 1. The first-order valence-electron chi connectivity index (χ1n) is 7.94. The van der Waals surface area contributed by atoms with Crippen molar-refractivity contribution in [2.24, 2.45) is 5.92 Å². The van der Waals surface area contributed by atoms with E-state index in [0.29, 0.717) is 23.5 Å². The summed E-state index contributed by atoms with van der Waals surface area (Å²) < 4.78 is 5.79. The quantitative estimate of drug-likeness (QED) is 0.898. The molecule has 1 aromatic rings. The smallest absolute Gasteiger partial charge is 0.239 e. The van der Waals surface area contributed by atoms with Crippen LogP contribution in [-0.2, 0) is 0 Å². The van der Waals surface area contributed by atoms with Gasteiger partial charge in [0.15, 0.2) is 0 Å². The maximum Gasteiger partial charge on any atom is 0.239 e. The van der Waals surface area contributed by atoms with E-state index in [0.717, 1.165) is 19.0 Å². The average Bonchev–Trinajstić information content (AvgIpc) is 3.30. The van der Waals surface area contributed by atoms with Crippen molar-refractivity contribution in [3.05, 3.63) is 12.1 Å². The van der Waals surface area contributed by atoms with Crippen LogP contribution in [0.1, 0.15) is 25.7 Å². The lowest BCUT2D eigenvalue weighted by molar-refractivity contribution is 0.247. The molecule has 0 aromatic carbocycles. The Kier molecular flexibility index (Phi) is 4.19. The van der Waals surface area contributed by atoms with Crippen LogP contribution in [0.3, 0.4) is 0 Å². The van der Waals surface area contributed by atoms with Gasteiger partial charge in [-0.2, -0.15) is 4.98 Å². The SMILES string of the molecule is CN1CCCC(N(C)c2ccc(N)c(OCC3CC3)n2)C1. The lowest BCUT2D eigenvalue weighted by atomic mass is 10.1. The highest BCUT2D eigenvalue weighted by Crippen LogP contribution is 2.31. The summed E-state index contributed by atoms with van der Waals surface area (Å²) >= 11 is 0. The third-order valence-electron chi connectivity index (χ3n) is 4.54. The molecule has 0 radical (unpaired) electrons. The van der Waals surface area contributed by atoms with Crippen molar-refractivity contribution in [2.45, 2.75) is 31.7 Å². The first-order chi connectivity index (χ1) is 10.1. The van der Waals surface area contributed by atoms with Gasteiger partial charge in [-0.3, -0.25) is 0 Å². The summed E-state index contributed by atoms with van der Waals surface area (Å²) in [5, 5.41) is 0. The van der Waals surface area contributed by atoms with Gasteiger partial charge in [0.05, 0.1) is 12.3 Å². The van der Waals surface area contributed by atoms with Gasteiger partial charge in [0, 0.05) is 19.6 Å². The molecule has 1 aliphatic carbocycles. The maximum atomic E-state index is 5.98. The summed E-state index contributed by atoms with van der Waals surface area (Å²) in [6.07, 6.45) is 5.00. The molecule has 2 fully saturated rings. The highest BCUT2D eigenvalue weighted by Gasteiger charge is 2.24. The lowest BCUT2D eigenvalue weighted by Crippen LogP contribution is -2.45. The van der Waals surface area contributed by atoms with E-state index in [4.69, 9.17) is 10.5 Å². The van der Waals surface area contributed by atoms with Crippen molar-refractivity contribution >= 4 is 11.5 Å². The molecule has 2 N–H and O–H groups in total. The van der Waals surface area contributed by atoms with Gasteiger partial charge in [0.25, 0.3) is 0 Å². The molecule has 1 unspecified atom stereocenters. The molecular weight excluding hydrogens is 264 g/mol. The number of rotatable bonds is 5. The fourth-order valence-corrected chi connectivity index (χ4v) is 2.88. The van der Waals surface area contributed by atoms with E-state index < -0.39 is 0 Å². The number of nitrogens with two attached hydrogens (primary N) is 1.